The van der Waals surface area contributed by atoms with Crippen LogP contribution < -0.4 is 10.6 Å². The topological polar surface area (TPSA) is 115 Å². The molecule has 3 aromatic rings. The fraction of sp³-hybridized carbons (Fsp3) is 0.296. The molecule has 1 heterocycles. The molecule has 0 unspecified atom stereocenters. The first-order chi connectivity index (χ1) is 18.2. The molecule has 2 aromatic carbocycles. The zero-order valence-corrected chi connectivity index (χ0v) is 23.0. The Bertz CT molecular complexity index is 1310. The number of carbonyl (C=O) groups is 3. The molecule has 0 saturated heterocycles. The Morgan fingerprint density at radius 3 is 2.45 bits per heavy atom. The molecule has 9 nitrogen and oxygen atoms in total. The molecule has 0 aliphatic rings. The summed E-state index contributed by atoms with van der Waals surface area (Å²) in [5.41, 5.74) is 0.991. The van der Waals surface area contributed by atoms with Gasteiger partial charge in [0.25, 0.3) is 5.91 Å². The predicted molar refractivity (Wildman–Crippen MR) is 148 cm³/mol. The van der Waals surface area contributed by atoms with E-state index in [4.69, 9.17) is 16.3 Å². The van der Waals surface area contributed by atoms with Crippen molar-refractivity contribution in [1.82, 2.24) is 20.1 Å². The second kappa shape index (κ2) is 13.8. The summed E-state index contributed by atoms with van der Waals surface area (Å²) in [5.74, 6) is -0.362. The third-order valence-electron chi connectivity index (χ3n) is 5.44. The van der Waals surface area contributed by atoms with Crippen LogP contribution in [0.25, 0.3) is 0 Å². The Balaban J connectivity index is 1.78. The van der Waals surface area contributed by atoms with Crippen LogP contribution in [0.5, 0.6) is 0 Å². The van der Waals surface area contributed by atoms with Crippen LogP contribution in [0.1, 0.15) is 52.9 Å². The second-order valence-corrected chi connectivity index (χ2v) is 10.1. The van der Waals surface area contributed by atoms with Gasteiger partial charge in [-0.05, 0) is 36.6 Å². The van der Waals surface area contributed by atoms with E-state index in [-0.39, 0.29) is 29.0 Å². The Morgan fingerprint density at radius 1 is 1.11 bits per heavy atom. The number of allylic oxidation sites excluding steroid dienone is 1. The number of benzene rings is 2. The van der Waals surface area contributed by atoms with E-state index in [2.05, 4.69) is 41.3 Å². The Morgan fingerprint density at radius 2 is 1.79 bits per heavy atom. The molecular formula is C27H30ClN5O4S. The molecule has 0 radical (unpaired) electrons. The van der Waals surface area contributed by atoms with Crippen LogP contribution in [0, 0.1) is 5.92 Å². The average Bonchev–Trinajstić information content (AvgIpc) is 3.29. The number of ether oxygens (including phenoxy) is 1. The lowest BCUT2D eigenvalue weighted by Gasteiger charge is -2.21. The van der Waals surface area contributed by atoms with Crippen LogP contribution >= 0.6 is 23.4 Å². The van der Waals surface area contributed by atoms with Crippen LogP contribution in [-0.4, -0.2) is 45.4 Å². The maximum absolute atomic E-state index is 13.0. The highest BCUT2D eigenvalue weighted by Crippen LogP contribution is 2.26. The van der Waals surface area contributed by atoms with Crippen LogP contribution in [0.4, 0.5) is 5.69 Å². The van der Waals surface area contributed by atoms with Gasteiger partial charge in [0.1, 0.15) is 0 Å². The number of amides is 2. The summed E-state index contributed by atoms with van der Waals surface area (Å²) in [6.45, 7) is 8.31. The van der Waals surface area contributed by atoms with Crippen molar-refractivity contribution < 1.29 is 19.1 Å². The number of para-hydroxylation sites is 1. The number of halogens is 1. The number of rotatable bonds is 12. The average molecular weight is 556 g/mol. The summed E-state index contributed by atoms with van der Waals surface area (Å²) in [6, 6.07) is 13.0. The molecule has 0 aliphatic carbocycles. The van der Waals surface area contributed by atoms with Crippen molar-refractivity contribution in [3.63, 3.8) is 0 Å². The highest BCUT2D eigenvalue weighted by atomic mass is 35.5. The van der Waals surface area contributed by atoms with E-state index in [0.717, 1.165) is 0 Å². The molecule has 0 spiro atoms. The van der Waals surface area contributed by atoms with Gasteiger partial charge in [-0.3, -0.25) is 9.59 Å². The van der Waals surface area contributed by atoms with Crippen LogP contribution in [0.15, 0.2) is 66.3 Å². The predicted octanol–water partition coefficient (Wildman–Crippen LogP) is 5.15. The summed E-state index contributed by atoms with van der Waals surface area (Å²) in [6.07, 6.45) is 2.31. The Hall–Kier alpha value is -3.63. The van der Waals surface area contributed by atoms with Crippen molar-refractivity contribution in [2.45, 2.75) is 38.0 Å². The van der Waals surface area contributed by atoms with Gasteiger partial charge >= 0.3 is 5.97 Å². The lowest BCUT2D eigenvalue weighted by atomic mass is 10.0. The summed E-state index contributed by atoms with van der Waals surface area (Å²) in [5, 5.41) is 15.3. The van der Waals surface area contributed by atoms with E-state index in [1.165, 1.54) is 18.9 Å². The summed E-state index contributed by atoms with van der Waals surface area (Å²) < 4.78 is 6.61. The minimum Gasteiger partial charge on any atom is -0.465 e. The molecule has 3 rings (SSSR count). The van der Waals surface area contributed by atoms with E-state index in [1.54, 1.807) is 54.6 Å². The second-order valence-electron chi connectivity index (χ2n) is 8.75. The number of nitrogens with zero attached hydrogens (tertiary/aromatic N) is 3. The molecule has 11 heteroatoms. The number of aromatic nitrogens is 3. The number of anilines is 1. The lowest BCUT2D eigenvalue weighted by molar-refractivity contribution is -0.113. The lowest BCUT2D eigenvalue weighted by Crippen LogP contribution is -2.32. The Kier molecular flexibility index (Phi) is 10.5. The van der Waals surface area contributed by atoms with Gasteiger partial charge in [0.2, 0.25) is 5.91 Å². The van der Waals surface area contributed by atoms with Gasteiger partial charge in [0, 0.05) is 6.54 Å². The van der Waals surface area contributed by atoms with Crippen molar-refractivity contribution in [3.8, 4) is 0 Å². The van der Waals surface area contributed by atoms with Crippen molar-refractivity contribution >= 4 is 46.8 Å². The van der Waals surface area contributed by atoms with Gasteiger partial charge < -0.3 is 19.9 Å². The van der Waals surface area contributed by atoms with Crippen molar-refractivity contribution in [3.05, 3.63) is 83.2 Å². The highest BCUT2D eigenvalue weighted by Gasteiger charge is 2.25. The molecule has 1 aromatic heterocycles. The minimum atomic E-state index is -0.543. The third kappa shape index (κ3) is 7.45. The van der Waals surface area contributed by atoms with Crippen LogP contribution in [-0.2, 0) is 16.1 Å². The number of esters is 1. The molecule has 38 heavy (non-hydrogen) atoms. The molecule has 2 amide bonds. The summed E-state index contributed by atoms with van der Waals surface area (Å²) in [4.78, 5) is 37.7. The fourth-order valence-corrected chi connectivity index (χ4v) is 4.72. The fourth-order valence-electron chi connectivity index (χ4n) is 3.74. The summed E-state index contributed by atoms with van der Waals surface area (Å²) in [7, 11) is 1.28. The molecule has 0 aliphatic heterocycles. The van der Waals surface area contributed by atoms with E-state index < -0.39 is 12.0 Å². The Labute approximate surface area is 231 Å². The zero-order valence-electron chi connectivity index (χ0n) is 21.4. The quantitative estimate of drug-likeness (QED) is 0.180. The van der Waals surface area contributed by atoms with Gasteiger partial charge in [-0.15, -0.1) is 16.8 Å². The maximum atomic E-state index is 13.0. The molecule has 0 saturated carbocycles. The monoisotopic (exact) mass is 555 g/mol. The van der Waals surface area contributed by atoms with Gasteiger partial charge in [0.05, 0.1) is 40.7 Å². The summed E-state index contributed by atoms with van der Waals surface area (Å²) >= 11 is 7.42. The molecule has 2 N–H and O–H groups in total. The van der Waals surface area contributed by atoms with Gasteiger partial charge in [-0.1, -0.05) is 67.6 Å². The zero-order chi connectivity index (χ0) is 27.7. The molecule has 1 atom stereocenters. The number of hydrogen-bond acceptors (Lipinski definition) is 7. The molecule has 0 fully saturated rings. The first kappa shape index (κ1) is 28.9. The number of nitrogens with one attached hydrogen (secondary N) is 2. The molecule has 0 bridgehead atoms. The third-order valence-corrected chi connectivity index (χ3v) is 6.73. The van der Waals surface area contributed by atoms with Crippen molar-refractivity contribution in [1.29, 1.82) is 0 Å². The number of carbonyl (C=O) groups excluding carboxylic acids is 3. The molecular weight excluding hydrogens is 526 g/mol. The number of methoxy groups -OCH3 is 1. The van der Waals surface area contributed by atoms with Gasteiger partial charge in [-0.25, -0.2) is 4.79 Å². The van der Waals surface area contributed by atoms with Crippen LogP contribution in [0.3, 0.4) is 0 Å². The molecule has 200 valence electrons. The van der Waals surface area contributed by atoms with Crippen molar-refractivity contribution in [2.24, 2.45) is 5.92 Å². The SMILES string of the molecule is C=CCn1c(SCC(=O)Nc2ccccc2C(=O)OC)nnc1[C@H](CC(C)C)NC(=O)c1ccccc1Cl. The standard InChI is InChI=1S/C27H30ClN5O4S/c1-5-14-33-24(22(15-17(2)3)30-25(35)18-10-6-8-12-20(18)28)31-32-27(33)38-16-23(34)29-21-13-9-7-11-19(21)26(36)37-4/h5-13,17,22H,1,14-16H2,2-4H3,(H,29,34)(H,30,35)/t22-/m0/s1. The largest absolute Gasteiger partial charge is 0.465 e. The smallest absolute Gasteiger partial charge is 0.339 e. The normalized spacial score (nSPS) is 11.6. The van der Waals surface area contributed by atoms with E-state index in [9.17, 15) is 14.4 Å². The first-order valence-electron chi connectivity index (χ1n) is 11.9. The highest BCUT2D eigenvalue weighted by molar-refractivity contribution is 7.99. The maximum Gasteiger partial charge on any atom is 0.339 e. The van der Waals surface area contributed by atoms with Gasteiger partial charge in [-0.2, -0.15) is 0 Å². The van der Waals surface area contributed by atoms with Crippen molar-refractivity contribution in [2.75, 3.05) is 18.2 Å². The number of thioether (sulfide) groups is 1. The first-order valence-corrected chi connectivity index (χ1v) is 13.3. The van der Waals surface area contributed by atoms with E-state index >= 15 is 0 Å². The van der Waals surface area contributed by atoms with E-state index in [1.807, 2.05) is 4.57 Å². The van der Waals surface area contributed by atoms with Crippen LogP contribution in [0.2, 0.25) is 5.02 Å². The number of hydrogen-bond donors (Lipinski definition) is 2. The van der Waals surface area contributed by atoms with E-state index in [0.29, 0.717) is 40.2 Å². The minimum absolute atomic E-state index is 0.0195. The van der Waals surface area contributed by atoms with Gasteiger partial charge in [0.15, 0.2) is 11.0 Å².